The zero-order valence-electron chi connectivity index (χ0n) is 10.6. The molecule has 0 aromatic carbocycles. The lowest BCUT2D eigenvalue weighted by atomic mass is 10.0. The van der Waals surface area contributed by atoms with Crippen LogP contribution in [0.4, 0.5) is 0 Å². The second-order valence-corrected chi connectivity index (χ2v) is 5.14. The van der Waals surface area contributed by atoms with Crippen LogP contribution in [-0.4, -0.2) is 39.3 Å². The van der Waals surface area contributed by atoms with Crippen molar-refractivity contribution in [2.24, 2.45) is 5.92 Å². The lowest BCUT2D eigenvalue weighted by Gasteiger charge is -2.23. The van der Waals surface area contributed by atoms with Gasteiger partial charge in [-0.2, -0.15) is 5.10 Å². The molecule has 0 fully saturated rings. The van der Waals surface area contributed by atoms with Crippen molar-refractivity contribution in [3.05, 3.63) is 17.0 Å². The first-order valence-corrected chi connectivity index (χ1v) is 5.99. The van der Waals surface area contributed by atoms with Crippen molar-refractivity contribution in [3.8, 4) is 0 Å². The Bertz CT molecular complexity index is 437. The van der Waals surface area contributed by atoms with Crippen LogP contribution in [-0.2, 0) is 19.5 Å². The molecule has 1 aromatic rings. The summed E-state index contributed by atoms with van der Waals surface area (Å²) in [6, 6.07) is 0. The van der Waals surface area contributed by atoms with E-state index in [0.717, 1.165) is 37.3 Å². The van der Waals surface area contributed by atoms with E-state index in [-0.39, 0.29) is 5.69 Å². The predicted molar refractivity (Wildman–Crippen MR) is 64.1 cm³/mol. The molecule has 0 atom stereocenters. The average Bonchev–Trinajstić information content (AvgIpc) is 2.56. The molecule has 0 spiro atoms. The third-order valence-corrected chi connectivity index (χ3v) is 3.07. The van der Waals surface area contributed by atoms with E-state index in [1.807, 2.05) is 4.68 Å². The zero-order valence-corrected chi connectivity index (χ0v) is 10.6. The fourth-order valence-corrected chi connectivity index (χ4v) is 2.28. The maximum atomic E-state index is 11.2. The molecule has 0 amide bonds. The number of carbonyl (C=O) groups is 1. The fourth-order valence-electron chi connectivity index (χ4n) is 2.28. The van der Waals surface area contributed by atoms with Crippen LogP contribution >= 0.6 is 0 Å². The number of rotatable bonds is 3. The van der Waals surface area contributed by atoms with E-state index in [0.29, 0.717) is 5.92 Å². The van der Waals surface area contributed by atoms with Crippen molar-refractivity contribution in [2.75, 3.05) is 13.6 Å². The number of aromatic nitrogens is 2. The largest absolute Gasteiger partial charge is 0.476 e. The molecule has 5 nitrogen and oxygen atoms in total. The number of hydrogen-bond donors (Lipinski definition) is 1. The van der Waals surface area contributed by atoms with Crippen LogP contribution in [0, 0.1) is 5.92 Å². The number of carboxylic acid groups (broad SMARTS) is 1. The van der Waals surface area contributed by atoms with Crippen molar-refractivity contribution in [2.45, 2.75) is 33.4 Å². The molecule has 2 rings (SSSR count). The molecule has 2 heterocycles. The lowest BCUT2D eigenvalue weighted by Crippen LogP contribution is -2.28. The van der Waals surface area contributed by atoms with Crippen LogP contribution in [0.25, 0.3) is 0 Å². The zero-order chi connectivity index (χ0) is 12.6. The van der Waals surface area contributed by atoms with Crippen LogP contribution < -0.4 is 0 Å². The Kier molecular flexibility index (Phi) is 3.19. The molecular formula is C12H19N3O2. The summed E-state index contributed by atoms with van der Waals surface area (Å²) in [6.07, 6.45) is 0.783. The van der Waals surface area contributed by atoms with E-state index in [4.69, 9.17) is 5.11 Å². The summed E-state index contributed by atoms with van der Waals surface area (Å²) < 4.78 is 1.87. The summed E-state index contributed by atoms with van der Waals surface area (Å²) in [7, 11) is 2.05. The van der Waals surface area contributed by atoms with Gasteiger partial charge in [0.1, 0.15) is 0 Å². The van der Waals surface area contributed by atoms with Crippen LogP contribution in [0.3, 0.4) is 0 Å². The van der Waals surface area contributed by atoms with Gasteiger partial charge in [0.15, 0.2) is 5.69 Å². The van der Waals surface area contributed by atoms with Crippen molar-refractivity contribution >= 4 is 5.97 Å². The number of likely N-dealkylation sites (N-methyl/N-ethyl adjacent to an activating group) is 1. The highest BCUT2D eigenvalue weighted by Gasteiger charge is 2.26. The molecule has 0 unspecified atom stereocenters. The normalized spacial score (nSPS) is 16.2. The SMILES string of the molecule is CC(C)Cn1nc(C(=O)O)c2c1CN(C)CC2. The van der Waals surface area contributed by atoms with Crippen molar-refractivity contribution < 1.29 is 9.90 Å². The first-order chi connectivity index (χ1) is 7.99. The van der Waals surface area contributed by atoms with Crippen LogP contribution in [0.2, 0.25) is 0 Å². The molecule has 17 heavy (non-hydrogen) atoms. The van der Waals surface area contributed by atoms with Gasteiger partial charge in [0.05, 0.1) is 5.69 Å². The molecule has 1 aromatic heterocycles. The Labute approximate surface area is 101 Å². The summed E-state index contributed by atoms with van der Waals surface area (Å²) in [6.45, 7) is 6.70. The average molecular weight is 237 g/mol. The third kappa shape index (κ3) is 2.34. The number of nitrogens with zero attached hydrogens (tertiary/aromatic N) is 3. The van der Waals surface area contributed by atoms with Gasteiger partial charge in [-0.1, -0.05) is 13.8 Å². The van der Waals surface area contributed by atoms with Crippen LogP contribution in [0.15, 0.2) is 0 Å². The standard InChI is InChI=1S/C12H19N3O2/c1-8(2)6-15-10-7-14(3)5-4-9(10)11(13-15)12(16)17/h8H,4-7H2,1-3H3,(H,16,17). The van der Waals surface area contributed by atoms with Gasteiger partial charge >= 0.3 is 5.97 Å². The molecule has 1 aliphatic heterocycles. The molecule has 0 aliphatic carbocycles. The Morgan fingerprint density at radius 1 is 1.53 bits per heavy atom. The highest BCUT2D eigenvalue weighted by atomic mass is 16.4. The number of carboxylic acids is 1. The quantitative estimate of drug-likeness (QED) is 0.859. The molecular weight excluding hydrogens is 218 g/mol. The second kappa shape index (κ2) is 4.49. The Morgan fingerprint density at radius 2 is 2.24 bits per heavy atom. The minimum absolute atomic E-state index is 0.244. The van der Waals surface area contributed by atoms with Gasteiger partial charge in [-0.05, 0) is 19.4 Å². The first-order valence-electron chi connectivity index (χ1n) is 5.99. The number of hydrogen-bond acceptors (Lipinski definition) is 3. The summed E-state index contributed by atoms with van der Waals surface area (Å²) in [5.74, 6) is -0.443. The molecule has 5 heteroatoms. The number of fused-ring (bicyclic) bond motifs is 1. The molecule has 0 saturated heterocycles. The topological polar surface area (TPSA) is 58.4 Å². The van der Waals surface area contributed by atoms with E-state index in [1.165, 1.54) is 0 Å². The highest BCUT2D eigenvalue weighted by molar-refractivity contribution is 5.87. The van der Waals surface area contributed by atoms with Gasteiger partial charge < -0.3 is 10.0 Å². The van der Waals surface area contributed by atoms with Gasteiger partial charge in [-0.15, -0.1) is 0 Å². The summed E-state index contributed by atoms with van der Waals surface area (Å²) in [5.41, 5.74) is 2.25. The maximum absolute atomic E-state index is 11.2. The Balaban J connectivity index is 2.42. The summed E-state index contributed by atoms with van der Waals surface area (Å²) in [5, 5.41) is 13.4. The molecule has 0 saturated carbocycles. The van der Waals surface area contributed by atoms with Gasteiger partial charge in [0, 0.05) is 25.2 Å². The van der Waals surface area contributed by atoms with Gasteiger partial charge in [0.25, 0.3) is 0 Å². The molecule has 94 valence electrons. The van der Waals surface area contributed by atoms with E-state index in [2.05, 4.69) is 30.9 Å². The van der Waals surface area contributed by atoms with Gasteiger partial charge in [-0.3, -0.25) is 4.68 Å². The van der Waals surface area contributed by atoms with Crippen molar-refractivity contribution in [1.82, 2.24) is 14.7 Å². The van der Waals surface area contributed by atoms with Crippen LogP contribution in [0.1, 0.15) is 35.6 Å². The Hall–Kier alpha value is -1.36. The maximum Gasteiger partial charge on any atom is 0.356 e. The second-order valence-electron chi connectivity index (χ2n) is 5.14. The van der Waals surface area contributed by atoms with Crippen molar-refractivity contribution in [1.29, 1.82) is 0 Å². The fraction of sp³-hybridized carbons (Fsp3) is 0.667. The molecule has 1 aliphatic rings. The summed E-state index contributed by atoms with van der Waals surface area (Å²) >= 11 is 0. The molecule has 0 radical (unpaired) electrons. The molecule has 1 N–H and O–H groups in total. The predicted octanol–water partition coefficient (Wildman–Crippen LogP) is 1.23. The molecule has 0 bridgehead atoms. The van der Waals surface area contributed by atoms with Crippen molar-refractivity contribution in [3.63, 3.8) is 0 Å². The lowest BCUT2D eigenvalue weighted by molar-refractivity contribution is 0.0688. The third-order valence-electron chi connectivity index (χ3n) is 3.07. The smallest absolute Gasteiger partial charge is 0.356 e. The number of aromatic carboxylic acids is 1. The Morgan fingerprint density at radius 3 is 2.82 bits per heavy atom. The monoisotopic (exact) mass is 237 g/mol. The minimum Gasteiger partial charge on any atom is -0.476 e. The van der Waals surface area contributed by atoms with E-state index in [1.54, 1.807) is 0 Å². The van der Waals surface area contributed by atoms with Crippen LogP contribution in [0.5, 0.6) is 0 Å². The minimum atomic E-state index is -0.909. The highest BCUT2D eigenvalue weighted by Crippen LogP contribution is 2.22. The summed E-state index contributed by atoms with van der Waals surface area (Å²) in [4.78, 5) is 13.4. The van der Waals surface area contributed by atoms with E-state index >= 15 is 0 Å². The van der Waals surface area contributed by atoms with Gasteiger partial charge in [0.2, 0.25) is 0 Å². The van der Waals surface area contributed by atoms with E-state index < -0.39 is 5.97 Å². The van der Waals surface area contributed by atoms with Gasteiger partial charge in [-0.25, -0.2) is 4.79 Å². The first kappa shape index (κ1) is 12.1. The van der Waals surface area contributed by atoms with E-state index in [9.17, 15) is 4.79 Å².